The number of hydrogen-bond donors (Lipinski definition) is 3. The average molecular weight is 472 g/mol. The zero-order valence-electron chi connectivity index (χ0n) is 19.3. The van der Waals surface area contributed by atoms with Crippen molar-refractivity contribution in [1.29, 1.82) is 0 Å². The first-order chi connectivity index (χ1) is 17.0. The lowest BCUT2D eigenvalue weighted by molar-refractivity contribution is -0.117. The van der Waals surface area contributed by atoms with E-state index in [0.29, 0.717) is 34.7 Å². The smallest absolute Gasteiger partial charge is 0.247 e. The van der Waals surface area contributed by atoms with Crippen molar-refractivity contribution in [2.45, 2.75) is 12.5 Å². The van der Waals surface area contributed by atoms with Crippen LogP contribution < -0.4 is 20.1 Å². The molecule has 0 spiro atoms. The number of carbonyl (C=O) groups is 2. The second-order valence-corrected chi connectivity index (χ2v) is 7.86. The number of amides is 1. The van der Waals surface area contributed by atoms with Gasteiger partial charge in [0.2, 0.25) is 11.7 Å². The van der Waals surface area contributed by atoms with Crippen LogP contribution >= 0.6 is 0 Å². The van der Waals surface area contributed by atoms with Crippen molar-refractivity contribution in [3.8, 4) is 11.5 Å². The molecule has 0 aromatic heterocycles. The van der Waals surface area contributed by atoms with E-state index in [-0.39, 0.29) is 23.1 Å². The van der Waals surface area contributed by atoms with Crippen LogP contribution in [-0.2, 0) is 11.2 Å². The second kappa shape index (κ2) is 10.6. The third kappa shape index (κ3) is 5.16. The fraction of sp³-hybridized carbons (Fsp3) is 0.148. The van der Waals surface area contributed by atoms with Gasteiger partial charge in [-0.3, -0.25) is 9.59 Å². The fourth-order valence-electron chi connectivity index (χ4n) is 3.90. The third-order valence-electron chi connectivity index (χ3n) is 5.67. The summed E-state index contributed by atoms with van der Waals surface area (Å²) in [5.74, 6) is 0.349. The van der Waals surface area contributed by atoms with Crippen LogP contribution in [0.4, 0.5) is 5.69 Å². The zero-order valence-corrected chi connectivity index (χ0v) is 19.3. The summed E-state index contributed by atoms with van der Waals surface area (Å²) in [6, 6.07) is 20.6. The minimum atomic E-state index is -0.825. The van der Waals surface area contributed by atoms with Crippen molar-refractivity contribution < 1.29 is 24.3 Å². The highest BCUT2D eigenvalue weighted by Crippen LogP contribution is 2.29. The van der Waals surface area contributed by atoms with Gasteiger partial charge >= 0.3 is 0 Å². The number of ether oxygens (including phenoxy) is 2. The number of hydrogen-bond acceptors (Lipinski definition) is 7. The Hall–Kier alpha value is -4.59. The minimum absolute atomic E-state index is 0.158. The molecule has 3 aromatic rings. The molecule has 0 bridgehead atoms. The third-order valence-corrected chi connectivity index (χ3v) is 5.67. The van der Waals surface area contributed by atoms with Gasteiger partial charge in [-0.2, -0.15) is 0 Å². The summed E-state index contributed by atoms with van der Waals surface area (Å²) in [5, 5.41) is 18.8. The van der Waals surface area contributed by atoms with E-state index in [4.69, 9.17) is 9.47 Å². The minimum Gasteiger partial charge on any atom is -0.497 e. The molecule has 0 saturated carbocycles. The topological polar surface area (TPSA) is 109 Å². The molecular weight excluding hydrogens is 446 g/mol. The number of allylic oxidation sites excluding steroid dienone is 2. The molecular formula is C27H25N3O5. The van der Waals surface area contributed by atoms with Crippen molar-refractivity contribution in [3.63, 3.8) is 0 Å². The maximum absolute atomic E-state index is 13.5. The van der Waals surface area contributed by atoms with Crippen LogP contribution in [0.5, 0.6) is 11.5 Å². The number of fused-ring (bicyclic) bond motifs is 1. The molecule has 3 aromatic carbocycles. The first-order valence-electron chi connectivity index (χ1n) is 10.9. The molecule has 8 heteroatoms. The second-order valence-electron chi connectivity index (χ2n) is 7.86. The Morgan fingerprint density at radius 1 is 0.971 bits per heavy atom. The first kappa shape index (κ1) is 23.6. The van der Waals surface area contributed by atoms with Crippen molar-refractivity contribution in [3.05, 3.63) is 101 Å². The number of oxime groups is 1. The van der Waals surface area contributed by atoms with Gasteiger partial charge < -0.3 is 25.3 Å². The lowest BCUT2D eigenvalue weighted by Gasteiger charge is -2.24. The molecule has 0 radical (unpaired) electrons. The lowest BCUT2D eigenvalue weighted by atomic mass is 9.91. The van der Waals surface area contributed by atoms with Gasteiger partial charge in [0.05, 0.1) is 25.6 Å². The maximum Gasteiger partial charge on any atom is 0.247 e. The normalized spacial score (nSPS) is 14.5. The van der Waals surface area contributed by atoms with Crippen LogP contribution in [0.2, 0.25) is 0 Å². The van der Waals surface area contributed by atoms with Crippen LogP contribution in [0.1, 0.15) is 21.5 Å². The number of benzene rings is 3. The predicted octanol–water partition coefficient (Wildman–Crippen LogP) is 3.80. The Morgan fingerprint density at radius 3 is 2.37 bits per heavy atom. The molecule has 0 fully saturated rings. The summed E-state index contributed by atoms with van der Waals surface area (Å²) >= 11 is 0. The van der Waals surface area contributed by atoms with E-state index >= 15 is 0 Å². The molecule has 3 N–H and O–H groups in total. The Kier molecular flexibility index (Phi) is 7.11. The summed E-state index contributed by atoms with van der Waals surface area (Å²) in [6.07, 6.45) is 1.75. The number of Topliss-reactive ketones (excluding diaryl/α,β-unsaturated/α-hetero) is 1. The van der Waals surface area contributed by atoms with Crippen molar-refractivity contribution >= 4 is 23.1 Å². The summed E-state index contributed by atoms with van der Waals surface area (Å²) < 4.78 is 10.7. The highest BCUT2D eigenvalue weighted by Gasteiger charge is 2.29. The number of methoxy groups -OCH3 is 2. The standard InChI is InChI=1S/C27H25N3O5/c1-34-18-12-13-25(35-2)22(15-18)29-27(32)24(14-17-8-4-3-5-9-17)28-23-16-21(30-33)19-10-6-7-11-20(19)26(23)31/h3-13,15-16,24,28,33H,14H2,1-2H3,(H,29,32)/t24-/m1/s1. The number of carbonyl (C=O) groups excluding carboxylic acids is 2. The molecule has 1 aliphatic rings. The number of anilines is 1. The number of rotatable bonds is 8. The van der Waals surface area contributed by atoms with Gasteiger partial charge in [-0.05, 0) is 23.8 Å². The fourth-order valence-corrected chi connectivity index (χ4v) is 3.90. The summed E-state index contributed by atoms with van der Waals surface area (Å²) in [5.41, 5.74) is 2.64. The first-order valence-corrected chi connectivity index (χ1v) is 10.9. The van der Waals surface area contributed by atoms with E-state index in [0.717, 1.165) is 5.56 Å². The largest absolute Gasteiger partial charge is 0.497 e. The Labute approximate surface area is 202 Å². The monoisotopic (exact) mass is 471 g/mol. The van der Waals surface area contributed by atoms with Crippen LogP contribution in [0, 0.1) is 0 Å². The summed E-state index contributed by atoms with van der Waals surface area (Å²) in [6.45, 7) is 0. The number of nitrogens with zero attached hydrogens (tertiary/aromatic N) is 1. The van der Waals surface area contributed by atoms with E-state index in [1.807, 2.05) is 30.3 Å². The van der Waals surface area contributed by atoms with Gasteiger partial charge in [0.1, 0.15) is 23.3 Å². The molecule has 8 nitrogen and oxygen atoms in total. The molecule has 0 saturated heterocycles. The molecule has 1 aliphatic carbocycles. The van der Waals surface area contributed by atoms with Gasteiger partial charge in [0.25, 0.3) is 0 Å². The highest BCUT2D eigenvalue weighted by atomic mass is 16.5. The van der Waals surface area contributed by atoms with Gasteiger partial charge in [-0.15, -0.1) is 0 Å². The van der Waals surface area contributed by atoms with E-state index in [1.54, 1.807) is 42.5 Å². The summed E-state index contributed by atoms with van der Waals surface area (Å²) in [4.78, 5) is 26.7. The molecule has 0 unspecified atom stereocenters. The van der Waals surface area contributed by atoms with Crippen molar-refractivity contribution in [2.75, 3.05) is 19.5 Å². The average Bonchev–Trinajstić information content (AvgIpc) is 2.90. The van der Waals surface area contributed by atoms with Gasteiger partial charge in [-0.25, -0.2) is 0 Å². The van der Waals surface area contributed by atoms with Gasteiger partial charge in [-0.1, -0.05) is 59.8 Å². The Balaban J connectivity index is 1.66. The van der Waals surface area contributed by atoms with Gasteiger partial charge in [0.15, 0.2) is 0 Å². The molecule has 1 atom stereocenters. The van der Waals surface area contributed by atoms with E-state index < -0.39 is 6.04 Å². The zero-order chi connectivity index (χ0) is 24.8. The van der Waals surface area contributed by atoms with Crippen molar-refractivity contribution in [2.24, 2.45) is 5.16 Å². The van der Waals surface area contributed by atoms with E-state index in [1.165, 1.54) is 20.3 Å². The molecule has 35 heavy (non-hydrogen) atoms. The number of ketones is 1. The van der Waals surface area contributed by atoms with E-state index in [2.05, 4.69) is 15.8 Å². The predicted molar refractivity (Wildman–Crippen MR) is 132 cm³/mol. The van der Waals surface area contributed by atoms with Crippen LogP contribution in [0.3, 0.4) is 0 Å². The van der Waals surface area contributed by atoms with Crippen molar-refractivity contribution in [1.82, 2.24) is 5.32 Å². The molecule has 0 aliphatic heterocycles. The SMILES string of the molecule is COc1ccc(OC)c(NC(=O)[C@@H](Cc2ccccc2)NC2=CC(=NO)c3ccccc3C2=O)c1. The van der Waals surface area contributed by atoms with Gasteiger partial charge in [0, 0.05) is 23.6 Å². The van der Waals surface area contributed by atoms with Crippen LogP contribution in [0.15, 0.2) is 89.7 Å². The van der Waals surface area contributed by atoms with Crippen LogP contribution in [0.25, 0.3) is 0 Å². The molecule has 1 amide bonds. The summed E-state index contributed by atoms with van der Waals surface area (Å²) in [7, 11) is 3.04. The van der Waals surface area contributed by atoms with Crippen LogP contribution in [-0.4, -0.2) is 42.9 Å². The molecule has 0 heterocycles. The maximum atomic E-state index is 13.5. The molecule has 178 valence electrons. The highest BCUT2D eigenvalue weighted by molar-refractivity contribution is 6.26. The lowest BCUT2D eigenvalue weighted by Crippen LogP contribution is -2.44. The molecule has 4 rings (SSSR count). The Bertz CT molecular complexity index is 1300. The quantitative estimate of drug-likeness (QED) is 0.341. The van der Waals surface area contributed by atoms with E-state index in [9.17, 15) is 14.8 Å². The number of nitrogens with one attached hydrogen (secondary N) is 2. The Morgan fingerprint density at radius 2 is 1.69 bits per heavy atom.